The Kier molecular flexibility index (Phi) is 6.42. The average molecular weight is 363 g/mol. The highest BCUT2D eigenvalue weighted by molar-refractivity contribution is 6.31. The Morgan fingerprint density at radius 3 is 3.08 bits per heavy atom. The Labute approximate surface area is 152 Å². The quantitative estimate of drug-likeness (QED) is 0.819. The molecule has 1 aliphatic heterocycles. The van der Waals surface area contributed by atoms with Gasteiger partial charge in [0.2, 0.25) is 12.3 Å². The molecule has 1 unspecified atom stereocenters. The van der Waals surface area contributed by atoms with Gasteiger partial charge in [0, 0.05) is 24.5 Å². The van der Waals surface area contributed by atoms with Crippen molar-refractivity contribution in [2.24, 2.45) is 5.92 Å². The summed E-state index contributed by atoms with van der Waals surface area (Å²) in [5.41, 5.74) is 0.946. The Morgan fingerprint density at radius 1 is 1.40 bits per heavy atom. The molecule has 1 aromatic carbocycles. The van der Waals surface area contributed by atoms with E-state index in [1.165, 1.54) is 12.8 Å². The number of likely N-dealkylation sites (tertiary alicyclic amines) is 1. The summed E-state index contributed by atoms with van der Waals surface area (Å²) in [4.78, 5) is 18.5. The van der Waals surface area contributed by atoms with Crippen LogP contribution in [0.15, 0.2) is 35.2 Å². The van der Waals surface area contributed by atoms with Crippen molar-refractivity contribution < 1.29 is 9.32 Å². The van der Waals surface area contributed by atoms with Crippen molar-refractivity contribution in [1.29, 1.82) is 0 Å². The molecule has 1 saturated heterocycles. The minimum Gasteiger partial charge on any atom is -0.352 e. The van der Waals surface area contributed by atoms with Crippen LogP contribution in [0, 0.1) is 5.92 Å². The van der Waals surface area contributed by atoms with Crippen molar-refractivity contribution in [2.75, 3.05) is 13.1 Å². The standard InChI is InChI=1S/C18H23ClN4O2/c19-16-6-2-1-5-15(16)10-20-18(24)8-7-14-4-3-9-23(11-14)12-17-21-13-25-22-17/h1-2,5-6,13-14H,3-4,7-12H2,(H,20,24). The Morgan fingerprint density at radius 2 is 2.28 bits per heavy atom. The zero-order valence-electron chi connectivity index (χ0n) is 14.2. The topological polar surface area (TPSA) is 71.3 Å². The number of aromatic nitrogens is 2. The molecule has 6 nitrogen and oxygen atoms in total. The molecule has 0 bridgehead atoms. The summed E-state index contributed by atoms with van der Waals surface area (Å²) in [6.45, 7) is 3.22. The predicted octanol–water partition coefficient (Wildman–Crippen LogP) is 3.03. The normalized spacial score (nSPS) is 18.2. The SMILES string of the molecule is O=C(CCC1CCCN(Cc2ncon2)C1)NCc1ccccc1Cl. The second-order valence-electron chi connectivity index (χ2n) is 6.50. The van der Waals surface area contributed by atoms with Crippen LogP contribution in [0.25, 0.3) is 0 Å². The van der Waals surface area contributed by atoms with E-state index in [-0.39, 0.29) is 5.91 Å². The summed E-state index contributed by atoms with van der Waals surface area (Å²) in [6.07, 6.45) is 5.12. The van der Waals surface area contributed by atoms with Gasteiger partial charge in [-0.15, -0.1) is 0 Å². The number of carbonyl (C=O) groups is 1. The summed E-state index contributed by atoms with van der Waals surface area (Å²) >= 11 is 6.11. The van der Waals surface area contributed by atoms with E-state index in [9.17, 15) is 4.79 Å². The zero-order valence-corrected chi connectivity index (χ0v) is 14.9. The van der Waals surface area contributed by atoms with Crippen LogP contribution in [-0.2, 0) is 17.9 Å². The number of halogens is 1. The number of carbonyl (C=O) groups excluding carboxylic acids is 1. The number of rotatable bonds is 7. The molecule has 1 amide bonds. The fourth-order valence-corrected chi connectivity index (χ4v) is 3.45. The molecule has 25 heavy (non-hydrogen) atoms. The van der Waals surface area contributed by atoms with Gasteiger partial charge >= 0.3 is 0 Å². The molecule has 134 valence electrons. The lowest BCUT2D eigenvalue weighted by atomic mass is 9.93. The maximum atomic E-state index is 12.1. The molecule has 0 radical (unpaired) electrons. The molecule has 1 N–H and O–H groups in total. The van der Waals surface area contributed by atoms with Gasteiger partial charge in [0.1, 0.15) is 0 Å². The van der Waals surface area contributed by atoms with Crippen LogP contribution in [-0.4, -0.2) is 34.0 Å². The molecule has 1 atom stereocenters. The monoisotopic (exact) mass is 362 g/mol. The first-order valence-corrected chi connectivity index (χ1v) is 9.06. The van der Waals surface area contributed by atoms with E-state index >= 15 is 0 Å². The van der Waals surface area contributed by atoms with E-state index in [0.717, 1.165) is 37.3 Å². The van der Waals surface area contributed by atoms with Crippen molar-refractivity contribution in [1.82, 2.24) is 20.4 Å². The summed E-state index contributed by atoms with van der Waals surface area (Å²) in [7, 11) is 0. The van der Waals surface area contributed by atoms with Crippen LogP contribution in [0.1, 0.15) is 37.1 Å². The number of amides is 1. The van der Waals surface area contributed by atoms with Gasteiger partial charge in [0.05, 0.1) is 6.54 Å². The second kappa shape index (κ2) is 8.97. The van der Waals surface area contributed by atoms with Crippen molar-refractivity contribution >= 4 is 17.5 Å². The number of nitrogens with one attached hydrogen (secondary N) is 1. The average Bonchev–Trinajstić information content (AvgIpc) is 3.12. The summed E-state index contributed by atoms with van der Waals surface area (Å²) in [5, 5.41) is 7.51. The van der Waals surface area contributed by atoms with E-state index < -0.39 is 0 Å². The van der Waals surface area contributed by atoms with Crippen LogP contribution >= 0.6 is 11.6 Å². The highest BCUT2D eigenvalue weighted by atomic mass is 35.5. The van der Waals surface area contributed by atoms with Gasteiger partial charge in [-0.25, -0.2) is 0 Å². The number of nitrogens with zero attached hydrogens (tertiary/aromatic N) is 3. The van der Waals surface area contributed by atoms with Crippen LogP contribution in [0.4, 0.5) is 0 Å². The van der Waals surface area contributed by atoms with Crippen molar-refractivity contribution in [3.05, 3.63) is 47.1 Å². The first kappa shape index (κ1) is 17.9. The van der Waals surface area contributed by atoms with Crippen molar-refractivity contribution in [3.8, 4) is 0 Å². The van der Waals surface area contributed by atoms with E-state index in [4.69, 9.17) is 16.1 Å². The van der Waals surface area contributed by atoms with Gasteiger partial charge in [-0.3, -0.25) is 9.69 Å². The van der Waals surface area contributed by atoms with Gasteiger partial charge in [-0.1, -0.05) is 35.0 Å². The number of benzene rings is 1. The van der Waals surface area contributed by atoms with E-state index in [1.54, 1.807) is 0 Å². The highest BCUT2D eigenvalue weighted by Gasteiger charge is 2.21. The number of hydrogen-bond acceptors (Lipinski definition) is 5. The van der Waals surface area contributed by atoms with Crippen LogP contribution < -0.4 is 5.32 Å². The van der Waals surface area contributed by atoms with Crippen LogP contribution in [0.5, 0.6) is 0 Å². The minimum atomic E-state index is 0.0789. The largest absolute Gasteiger partial charge is 0.352 e. The first-order chi connectivity index (χ1) is 12.2. The number of hydrogen-bond donors (Lipinski definition) is 1. The van der Waals surface area contributed by atoms with E-state index in [2.05, 4.69) is 20.4 Å². The molecule has 3 rings (SSSR count). The molecule has 0 saturated carbocycles. The predicted molar refractivity (Wildman–Crippen MR) is 94.8 cm³/mol. The fourth-order valence-electron chi connectivity index (χ4n) is 3.25. The Hall–Kier alpha value is -1.92. The van der Waals surface area contributed by atoms with Crippen LogP contribution in [0.3, 0.4) is 0 Å². The van der Waals surface area contributed by atoms with Gasteiger partial charge in [-0.2, -0.15) is 4.98 Å². The highest BCUT2D eigenvalue weighted by Crippen LogP contribution is 2.22. The second-order valence-corrected chi connectivity index (χ2v) is 6.90. The lowest BCUT2D eigenvalue weighted by molar-refractivity contribution is -0.121. The molecule has 0 spiro atoms. The maximum absolute atomic E-state index is 12.1. The third kappa shape index (κ3) is 5.54. The molecule has 1 aromatic heterocycles. The fraction of sp³-hybridized carbons (Fsp3) is 0.500. The molecule has 0 aliphatic carbocycles. The summed E-state index contributed by atoms with van der Waals surface area (Å²) < 4.78 is 4.78. The van der Waals surface area contributed by atoms with Crippen molar-refractivity contribution in [2.45, 2.75) is 38.8 Å². The number of piperidine rings is 1. The van der Waals surface area contributed by atoms with Gasteiger partial charge in [-0.05, 0) is 43.4 Å². The van der Waals surface area contributed by atoms with E-state index in [0.29, 0.717) is 30.5 Å². The third-order valence-corrected chi connectivity index (χ3v) is 4.96. The molecule has 2 aromatic rings. The molecule has 1 fully saturated rings. The van der Waals surface area contributed by atoms with Gasteiger partial charge in [0.15, 0.2) is 5.82 Å². The minimum absolute atomic E-state index is 0.0789. The lowest BCUT2D eigenvalue weighted by Crippen LogP contribution is -2.35. The molecule has 7 heteroatoms. The smallest absolute Gasteiger partial charge is 0.220 e. The van der Waals surface area contributed by atoms with Crippen molar-refractivity contribution in [3.63, 3.8) is 0 Å². The molecule has 2 heterocycles. The Bertz CT molecular complexity index is 677. The first-order valence-electron chi connectivity index (χ1n) is 8.68. The summed E-state index contributed by atoms with van der Waals surface area (Å²) in [5.74, 6) is 1.33. The van der Waals surface area contributed by atoms with Gasteiger partial charge < -0.3 is 9.84 Å². The van der Waals surface area contributed by atoms with Crippen LogP contribution in [0.2, 0.25) is 5.02 Å². The lowest BCUT2D eigenvalue weighted by Gasteiger charge is -2.31. The van der Waals surface area contributed by atoms with Gasteiger partial charge in [0.25, 0.3) is 0 Å². The maximum Gasteiger partial charge on any atom is 0.220 e. The third-order valence-electron chi connectivity index (χ3n) is 4.59. The molecular formula is C18H23ClN4O2. The Balaban J connectivity index is 1.38. The zero-order chi connectivity index (χ0) is 17.5. The molecular weight excluding hydrogens is 340 g/mol. The van der Waals surface area contributed by atoms with E-state index in [1.807, 2.05) is 24.3 Å². The summed E-state index contributed by atoms with van der Waals surface area (Å²) in [6, 6.07) is 7.58. The molecule has 1 aliphatic rings.